The van der Waals surface area contributed by atoms with Crippen molar-refractivity contribution in [3.05, 3.63) is 55.3 Å². The van der Waals surface area contributed by atoms with E-state index in [-0.39, 0.29) is 0 Å². The molecule has 0 aliphatic carbocycles. The zero-order valence-electron chi connectivity index (χ0n) is 8.55. The number of furan rings is 1. The highest BCUT2D eigenvalue weighted by atomic mass is 16.5. The van der Waals surface area contributed by atoms with E-state index in [2.05, 4.69) is 6.58 Å². The number of carbonyl (C=O) groups excluding carboxylic acids is 1. The second-order valence-electron chi connectivity index (χ2n) is 3.13. The summed E-state index contributed by atoms with van der Waals surface area (Å²) in [6.45, 7) is 3.33. The Labute approximate surface area is 93.0 Å². The third-order valence-corrected chi connectivity index (χ3v) is 2.05. The van der Waals surface area contributed by atoms with Crippen molar-refractivity contribution in [1.82, 2.24) is 0 Å². The van der Waals surface area contributed by atoms with Gasteiger partial charge in [-0.15, -0.1) is 0 Å². The van der Waals surface area contributed by atoms with Crippen LogP contribution in [-0.4, -0.2) is 5.97 Å². The van der Waals surface area contributed by atoms with Gasteiger partial charge in [-0.3, -0.25) is 0 Å². The van der Waals surface area contributed by atoms with Gasteiger partial charge >= 0.3 is 5.97 Å². The van der Waals surface area contributed by atoms with Gasteiger partial charge in [-0.2, -0.15) is 0 Å². The van der Waals surface area contributed by atoms with Crippen molar-refractivity contribution >= 4 is 5.97 Å². The number of rotatable bonds is 3. The molecule has 0 spiro atoms. The first-order valence-corrected chi connectivity index (χ1v) is 4.78. The molecule has 16 heavy (non-hydrogen) atoms. The van der Waals surface area contributed by atoms with Crippen LogP contribution in [0.1, 0.15) is 0 Å². The summed E-state index contributed by atoms with van der Waals surface area (Å²) in [4.78, 5) is 10.9. The third-order valence-electron chi connectivity index (χ3n) is 2.05. The molecule has 0 saturated heterocycles. The monoisotopic (exact) mass is 214 g/mol. The maximum atomic E-state index is 10.9. The second-order valence-corrected chi connectivity index (χ2v) is 3.13. The first-order valence-electron chi connectivity index (χ1n) is 4.78. The van der Waals surface area contributed by atoms with Gasteiger partial charge in [-0.05, 0) is 36.4 Å². The lowest BCUT2D eigenvalue weighted by Crippen LogP contribution is -2.02. The Morgan fingerprint density at radius 2 is 2.00 bits per heavy atom. The minimum atomic E-state index is -0.467. The van der Waals surface area contributed by atoms with Crippen molar-refractivity contribution in [2.45, 2.75) is 0 Å². The van der Waals surface area contributed by atoms with E-state index in [1.54, 1.807) is 18.4 Å². The van der Waals surface area contributed by atoms with Gasteiger partial charge in [0, 0.05) is 11.6 Å². The first-order chi connectivity index (χ1) is 7.79. The molecule has 2 aromatic rings. The minimum absolute atomic E-state index is 0.467. The number of carbonyl (C=O) groups is 1. The van der Waals surface area contributed by atoms with Crippen LogP contribution in [0.2, 0.25) is 0 Å². The quantitative estimate of drug-likeness (QED) is 0.448. The topological polar surface area (TPSA) is 39.4 Å². The fourth-order valence-electron chi connectivity index (χ4n) is 1.29. The number of hydrogen-bond acceptors (Lipinski definition) is 3. The molecule has 0 aliphatic heterocycles. The van der Waals surface area contributed by atoms with Crippen LogP contribution in [0.3, 0.4) is 0 Å². The van der Waals surface area contributed by atoms with Gasteiger partial charge in [0.25, 0.3) is 0 Å². The van der Waals surface area contributed by atoms with E-state index >= 15 is 0 Å². The molecule has 0 fully saturated rings. The van der Waals surface area contributed by atoms with E-state index in [9.17, 15) is 4.79 Å². The van der Waals surface area contributed by atoms with Crippen LogP contribution >= 0.6 is 0 Å². The fourth-order valence-corrected chi connectivity index (χ4v) is 1.29. The molecule has 0 saturated carbocycles. The summed E-state index contributed by atoms with van der Waals surface area (Å²) >= 11 is 0. The van der Waals surface area contributed by atoms with Crippen LogP contribution in [-0.2, 0) is 4.79 Å². The lowest BCUT2D eigenvalue weighted by molar-refractivity contribution is -0.128. The van der Waals surface area contributed by atoms with Crippen molar-refractivity contribution in [2.24, 2.45) is 0 Å². The predicted molar refractivity (Wildman–Crippen MR) is 60.0 cm³/mol. The highest BCUT2D eigenvalue weighted by Gasteiger charge is 2.02. The van der Waals surface area contributed by atoms with Gasteiger partial charge in [0.2, 0.25) is 0 Å². The Bertz CT molecular complexity index is 480. The molecular formula is C13H10O3. The molecule has 1 aromatic heterocycles. The van der Waals surface area contributed by atoms with E-state index < -0.39 is 5.97 Å². The molecule has 0 amide bonds. The predicted octanol–water partition coefficient (Wildman–Crippen LogP) is 3.04. The van der Waals surface area contributed by atoms with Crippen LogP contribution in [0.4, 0.5) is 0 Å². The van der Waals surface area contributed by atoms with Crippen molar-refractivity contribution in [2.75, 3.05) is 0 Å². The van der Waals surface area contributed by atoms with Gasteiger partial charge in [0.15, 0.2) is 0 Å². The fraction of sp³-hybridized carbons (Fsp3) is 0. The lowest BCUT2D eigenvalue weighted by atomic mass is 10.2. The standard InChI is InChI=1S/C13H10O3/c1-2-13(14)16-11-7-5-10(6-8-11)12-4-3-9-15-12/h2-9H,1H2. The molecule has 3 nitrogen and oxygen atoms in total. The highest BCUT2D eigenvalue weighted by molar-refractivity contribution is 5.83. The van der Waals surface area contributed by atoms with E-state index in [0.29, 0.717) is 5.75 Å². The number of esters is 1. The summed E-state index contributed by atoms with van der Waals surface area (Å²) in [6, 6.07) is 10.7. The maximum Gasteiger partial charge on any atom is 0.335 e. The van der Waals surface area contributed by atoms with Gasteiger partial charge < -0.3 is 9.15 Å². The van der Waals surface area contributed by atoms with Gasteiger partial charge in [-0.1, -0.05) is 6.58 Å². The average Bonchev–Trinajstić information content (AvgIpc) is 2.83. The molecule has 0 aliphatic rings. The summed E-state index contributed by atoms with van der Waals surface area (Å²) in [7, 11) is 0. The van der Waals surface area contributed by atoms with Gasteiger partial charge in [0.1, 0.15) is 11.5 Å². The molecule has 0 N–H and O–H groups in total. The second kappa shape index (κ2) is 4.49. The summed E-state index contributed by atoms with van der Waals surface area (Å²) in [6.07, 6.45) is 2.74. The highest BCUT2D eigenvalue weighted by Crippen LogP contribution is 2.22. The van der Waals surface area contributed by atoms with Crippen LogP contribution in [0.25, 0.3) is 11.3 Å². The van der Waals surface area contributed by atoms with Gasteiger partial charge in [0.05, 0.1) is 6.26 Å². The summed E-state index contributed by atoms with van der Waals surface area (Å²) < 4.78 is 10.2. The first kappa shape index (κ1) is 10.2. The third kappa shape index (κ3) is 2.20. The van der Waals surface area contributed by atoms with Crippen LogP contribution in [0.15, 0.2) is 59.7 Å². The van der Waals surface area contributed by atoms with Crippen LogP contribution in [0.5, 0.6) is 5.75 Å². The van der Waals surface area contributed by atoms with E-state index in [1.807, 2.05) is 24.3 Å². The molecule has 1 aromatic carbocycles. The van der Waals surface area contributed by atoms with Crippen molar-refractivity contribution in [3.63, 3.8) is 0 Å². The van der Waals surface area contributed by atoms with E-state index in [0.717, 1.165) is 17.4 Å². The molecule has 0 bridgehead atoms. The van der Waals surface area contributed by atoms with Gasteiger partial charge in [-0.25, -0.2) is 4.79 Å². The molecular weight excluding hydrogens is 204 g/mol. The normalized spacial score (nSPS) is 9.75. The molecule has 1 heterocycles. The Kier molecular flexibility index (Phi) is 2.87. The molecule has 0 radical (unpaired) electrons. The maximum absolute atomic E-state index is 10.9. The summed E-state index contributed by atoms with van der Waals surface area (Å²) in [5.41, 5.74) is 0.934. The van der Waals surface area contributed by atoms with Crippen LogP contribution in [0, 0.1) is 0 Å². The minimum Gasteiger partial charge on any atom is -0.464 e. The van der Waals surface area contributed by atoms with Crippen molar-refractivity contribution in [1.29, 1.82) is 0 Å². The Morgan fingerprint density at radius 1 is 1.25 bits per heavy atom. The average molecular weight is 214 g/mol. The summed E-state index contributed by atoms with van der Waals surface area (Å²) in [5, 5.41) is 0. The SMILES string of the molecule is C=CC(=O)Oc1ccc(-c2ccco2)cc1. The molecule has 0 atom stereocenters. The van der Waals surface area contributed by atoms with Crippen molar-refractivity contribution in [3.8, 4) is 17.1 Å². The molecule has 3 heteroatoms. The number of ether oxygens (including phenoxy) is 1. The molecule has 0 unspecified atom stereocenters. The molecule has 2 rings (SSSR count). The van der Waals surface area contributed by atoms with Crippen LogP contribution < -0.4 is 4.74 Å². The summed E-state index contributed by atoms with van der Waals surface area (Å²) in [5.74, 6) is 0.799. The Morgan fingerprint density at radius 3 is 2.56 bits per heavy atom. The smallest absolute Gasteiger partial charge is 0.335 e. The zero-order valence-corrected chi connectivity index (χ0v) is 8.55. The van der Waals surface area contributed by atoms with E-state index in [1.165, 1.54) is 0 Å². The molecule has 80 valence electrons. The van der Waals surface area contributed by atoms with Crippen molar-refractivity contribution < 1.29 is 13.9 Å². The van der Waals surface area contributed by atoms with E-state index in [4.69, 9.17) is 9.15 Å². The number of benzene rings is 1. The lowest BCUT2D eigenvalue weighted by Gasteiger charge is -2.01. The Balaban J connectivity index is 2.17. The largest absolute Gasteiger partial charge is 0.464 e. The number of hydrogen-bond donors (Lipinski definition) is 0. The zero-order chi connectivity index (χ0) is 11.4. The Hall–Kier alpha value is -2.29.